The molecular weight excluding hydrogens is 274 g/mol. The van der Waals surface area contributed by atoms with Crippen molar-refractivity contribution in [2.24, 2.45) is 0 Å². The quantitative estimate of drug-likeness (QED) is 0.872. The lowest BCUT2D eigenvalue weighted by Crippen LogP contribution is -2.12. The van der Waals surface area contributed by atoms with E-state index in [4.69, 9.17) is 0 Å². The number of nitrogens with one attached hydrogen (secondary N) is 1. The second-order valence-electron chi connectivity index (χ2n) is 4.75. The van der Waals surface area contributed by atoms with E-state index in [0.29, 0.717) is 12.1 Å². The molecule has 2 rings (SSSR count). The summed E-state index contributed by atoms with van der Waals surface area (Å²) in [6, 6.07) is 14.6. The topological polar surface area (TPSA) is 24.5 Å². The van der Waals surface area contributed by atoms with Gasteiger partial charge < -0.3 is 15.0 Å². The van der Waals surface area contributed by atoms with Gasteiger partial charge in [0.15, 0.2) is 0 Å². The van der Waals surface area contributed by atoms with Crippen molar-refractivity contribution in [2.75, 3.05) is 24.3 Å². The first kappa shape index (κ1) is 15.1. The summed E-state index contributed by atoms with van der Waals surface area (Å²) < 4.78 is 29.3. The van der Waals surface area contributed by atoms with E-state index >= 15 is 0 Å². The molecule has 2 aromatic rings. The molecule has 0 bridgehead atoms. The fraction of sp³-hybridized carbons (Fsp3) is 0.250. The van der Waals surface area contributed by atoms with E-state index in [1.54, 1.807) is 24.3 Å². The summed E-state index contributed by atoms with van der Waals surface area (Å²) >= 11 is 0. The van der Waals surface area contributed by atoms with Gasteiger partial charge in [-0.15, -0.1) is 0 Å². The molecule has 3 nitrogen and oxygen atoms in total. The van der Waals surface area contributed by atoms with Crippen molar-refractivity contribution in [2.45, 2.75) is 13.2 Å². The van der Waals surface area contributed by atoms with Gasteiger partial charge in [-0.3, -0.25) is 0 Å². The Morgan fingerprint density at radius 1 is 1.05 bits per heavy atom. The van der Waals surface area contributed by atoms with Gasteiger partial charge in [0.05, 0.1) is 11.4 Å². The maximum atomic E-state index is 12.4. The van der Waals surface area contributed by atoms with E-state index in [0.717, 1.165) is 11.4 Å². The van der Waals surface area contributed by atoms with E-state index in [2.05, 4.69) is 10.1 Å². The van der Waals surface area contributed by atoms with Gasteiger partial charge in [-0.2, -0.15) is 8.78 Å². The van der Waals surface area contributed by atoms with Crippen LogP contribution in [0.4, 0.5) is 20.2 Å². The molecule has 0 saturated heterocycles. The number of halogens is 2. The van der Waals surface area contributed by atoms with Crippen LogP contribution in [0.5, 0.6) is 5.75 Å². The third kappa shape index (κ3) is 4.08. The first-order valence-corrected chi connectivity index (χ1v) is 6.61. The number of ether oxygens (including phenoxy) is 1. The second kappa shape index (κ2) is 6.92. The van der Waals surface area contributed by atoms with Crippen molar-refractivity contribution < 1.29 is 13.5 Å². The highest BCUT2D eigenvalue weighted by atomic mass is 19.3. The van der Waals surface area contributed by atoms with Gasteiger partial charge in [0.25, 0.3) is 0 Å². The summed E-state index contributed by atoms with van der Waals surface area (Å²) in [5.41, 5.74) is 2.66. The molecule has 2 aromatic carbocycles. The summed E-state index contributed by atoms with van der Waals surface area (Å²) in [6.07, 6.45) is 0. The summed E-state index contributed by atoms with van der Waals surface area (Å²) in [4.78, 5) is 1.99. The Balaban J connectivity index is 2.14. The standard InChI is InChI=1S/C16H18F2N2O/c1-20(2)14-9-5-4-8-13(14)19-11-12-7-3-6-10-15(12)21-16(17)18/h3-10,16,19H,11H2,1-2H3. The van der Waals surface area contributed by atoms with Crippen LogP contribution < -0.4 is 15.0 Å². The zero-order valence-corrected chi connectivity index (χ0v) is 12.0. The third-order valence-electron chi connectivity index (χ3n) is 3.04. The van der Waals surface area contributed by atoms with Gasteiger partial charge in [0.2, 0.25) is 0 Å². The molecule has 0 spiro atoms. The van der Waals surface area contributed by atoms with Crippen LogP contribution in [0.3, 0.4) is 0 Å². The molecule has 0 aromatic heterocycles. The first-order chi connectivity index (χ1) is 10.1. The Kier molecular flexibility index (Phi) is 4.98. The van der Waals surface area contributed by atoms with Crippen molar-refractivity contribution in [3.8, 4) is 5.75 Å². The number of anilines is 2. The Morgan fingerprint density at radius 3 is 2.43 bits per heavy atom. The number of rotatable bonds is 6. The molecule has 0 amide bonds. The van der Waals surface area contributed by atoms with Crippen LogP contribution in [0.1, 0.15) is 5.56 Å². The molecule has 0 heterocycles. The average Bonchev–Trinajstić information content (AvgIpc) is 2.46. The van der Waals surface area contributed by atoms with Gasteiger partial charge >= 0.3 is 6.61 Å². The summed E-state index contributed by atoms with van der Waals surface area (Å²) in [5, 5.41) is 3.26. The Bertz CT molecular complexity index is 588. The molecule has 0 saturated carbocycles. The lowest BCUT2D eigenvalue weighted by atomic mass is 10.2. The predicted octanol–water partition coefficient (Wildman–Crippen LogP) is 3.97. The highest BCUT2D eigenvalue weighted by molar-refractivity contribution is 5.69. The minimum atomic E-state index is -2.82. The molecule has 0 fully saturated rings. The number of hydrogen-bond acceptors (Lipinski definition) is 3. The van der Waals surface area contributed by atoms with Crippen molar-refractivity contribution >= 4 is 11.4 Å². The zero-order valence-electron chi connectivity index (χ0n) is 12.0. The molecule has 21 heavy (non-hydrogen) atoms. The molecule has 112 valence electrons. The van der Waals surface area contributed by atoms with Crippen LogP contribution in [0.15, 0.2) is 48.5 Å². The molecule has 0 aliphatic rings. The molecule has 0 aliphatic carbocycles. The van der Waals surface area contributed by atoms with E-state index in [1.165, 1.54) is 0 Å². The minimum Gasteiger partial charge on any atom is -0.434 e. The van der Waals surface area contributed by atoms with Crippen LogP contribution in [0.2, 0.25) is 0 Å². The Morgan fingerprint density at radius 2 is 1.71 bits per heavy atom. The largest absolute Gasteiger partial charge is 0.434 e. The Hall–Kier alpha value is -2.30. The van der Waals surface area contributed by atoms with E-state index in [-0.39, 0.29) is 5.75 Å². The number of alkyl halides is 2. The summed E-state index contributed by atoms with van der Waals surface area (Å²) in [6.45, 7) is -2.41. The molecule has 0 radical (unpaired) electrons. The van der Waals surface area contributed by atoms with Crippen LogP contribution >= 0.6 is 0 Å². The van der Waals surface area contributed by atoms with Crippen molar-refractivity contribution in [1.82, 2.24) is 0 Å². The van der Waals surface area contributed by atoms with Crippen molar-refractivity contribution in [3.05, 3.63) is 54.1 Å². The van der Waals surface area contributed by atoms with Gasteiger partial charge in [0.1, 0.15) is 5.75 Å². The summed E-state index contributed by atoms with van der Waals surface area (Å²) in [5.74, 6) is 0.197. The fourth-order valence-electron chi connectivity index (χ4n) is 2.06. The number of nitrogens with zero attached hydrogens (tertiary/aromatic N) is 1. The second-order valence-corrected chi connectivity index (χ2v) is 4.75. The average molecular weight is 292 g/mol. The first-order valence-electron chi connectivity index (χ1n) is 6.61. The van der Waals surface area contributed by atoms with Gasteiger partial charge in [-0.25, -0.2) is 0 Å². The van der Waals surface area contributed by atoms with Gasteiger partial charge in [0, 0.05) is 26.2 Å². The monoisotopic (exact) mass is 292 g/mol. The molecular formula is C16H18F2N2O. The number of benzene rings is 2. The van der Waals surface area contributed by atoms with E-state index < -0.39 is 6.61 Å². The summed E-state index contributed by atoms with van der Waals surface area (Å²) in [7, 11) is 3.91. The minimum absolute atomic E-state index is 0.197. The third-order valence-corrected chi connectivity index (χ3v) is 3.04. The maximum Gasteiger partial charge on any atom is 0.387 e. The Labute approximate surface area is 123 Å². The lowest BCUT2D eigenvalue weighted by Gasteiger charge is -2.19. The lowest BCUT2D eigenvalue weighted by molar-refractivity contribution is -0.0504. The van der Waals surface area contributed by atoms with Crippen LogP contribution in [0, 0.1) is 0 Å². The normalized spacial score (nSPS) is 10.5. The molecule has 0 atom stereocenters. The van der Waals surface area contributed by atoms with Crippen molar-refractivity contribution in [1.29, 1.82) is 0 Å². The van der Waals surface area contributed by atoms with Crippen LogP contribution in [-0.4, -0.2) is 20.7 Å². The fourth-order valence-corrected chi connectivity index (χ4v) is 2.06. The molecule has 5 heteroatoms. The van der Waals surface area contributed by atoms with Crippen molar-refractivity contribution in [3.63, 3.8) is 0 Å². The number of para-hydroxylation sites is 3. The van der Waals surface area contributed by atoms with Crippen LogP contribution in [-0.2, 0) is 6.54 Å². The van der Waals surface area contributed by atoms with E-state index in [9.17, 15) is 8.78 Å². The molecule has 0 unspecified atom stereocenters. The van der Waals surface area contributed by atoms with Gasteiger partial charge in [-0.05, 0) is 18.2 Å². The molecule has 1 N–H and O–H groups in total. The highest BCUT2D eigenvalue weighted by Gasteiger charge is 2.09. The van der Waals surface area contributed by atoms with Crippen LogP contribution in [0.25, 0.3) is 0 Å². The highest BCUT2D eigenvalue weighted by Crippen LogP contribution is 2.26. The maximum absolute atomic E-state index is 12.4. The zero-order chi connectivity index (χ0) is 15.2. The SMILES string of the molecule is CN(C)c1ccccc1NCc1ccccc1OC(F)F. The van der Waals surface area contributed by atoms with E-state index in [1.807, 2.05) is 43.3 Å². The van der Waals surface area contributed by atoms with Gasteiger partial charge in [-0.1, -0.05) is 30.3 Å². The predicted molar refractivity (Wildman–Crippen MR) is 81.2 cm³/mol. The molecule has 0 aliphatic heterocycles. The number of hydrogen-bond donors (Lipinski definition) is 1. The smallest absolute Gasteiger partial charge is 0.387 e.